The van der Waals surface area contributed by atoms with E-state index in [-0.39, 0.29) is 5.69 Å². The van der Waals surface area contributed by atoms with E-state index in [4.69, 9.17) is 35.4 Å². The third kappa shape index (κ3) is 2.14. The molecule has 0 aliphatic rings. The zero-order valence-corrected chi connectivity index (χ0v) is 11.7. The molecule has 3 nitrogen and oxygen atoms in total. The Morgan fingerprint density at radius 2 is 2.00 bits per heavy atom. The topological polar surface area (TPSA) is 33.6 Å². The molecule has 0 aliphatic carbocycles. The highest BCUT2D eigenvalue weighted by Crippen LogP contribution is 2.24. The lowest BCUT2D eigenvalue weighted by Gasteiger charge is -2.05. The number of imidazole rings is 1. The maximum Gasteiger partial charge on any atom is 0.184 e. The van der Waals surface area contributed by atoms with E-state index in [1.165, 1.54) is 29.0 Å². The minimum Gasteiger partial charge on any atom is -0.329 e. The van der Waals surface area contributed by atoms with Crippen molar-refractivity contribution in [2.24, 2.45) is 0 Å². The van der Waals surface area contributed by atoms with Crippen LogP contribution in [0.15, 0.2) is 30.5 Å². The second-order valence-electron chi connectivity index (χ2n) is 3.89. The fraction of sp³-hybridized carbons (Fsp3) is 0. The van der Waals surface area contributed by atoms with Crippen molar-refractivity contribution in [3.63, 3.8) is 0 Å². The van der Waals surface area contributed by atoms with Gasteiger partial charge in [-0.05, 0) is 36.5 Å². The normalized spacial score (nSPS) is 11.1. The van der Waals surface area contributed by atoms with Gasteiger partial charge in [0.2, 0.25) is 0 Å². The molecule has 1 N–H and O–H groups in total. The Balaban J connectivity index is 2.39. The minimum absolute atomic E-state index is 0.249. The van der Waals surface area contributed by atoms with Crippen LogP contribution in [-0.4, -0.2) is 14.5 Å². The third-order valence-corrected chi connectivity index (χ3v) is 3.37. The van der Waals surface area contributed by atoms with Crippen LogP contribution in [0.1, 0.15) is 0 Å². The first-order valence-electron chi connectivity index (χ1n) is 5.28. The molecule has 0 spiro atoms. The summed E-state index contributed by atoms with van der Waals surface area (Å²) in [6.07, 6.45) is 1.48. The largest absolute Gasteiger partial charge is 0.329 e. The van der Waals surface area contributed by atoms with Gasteiger partial charge < -0.3 is 4.98 Å². The number of aromatic amines is 1. The fourth-order valence-corrected chi connectivity index (χ4v) is 2.47. The number of hydrogen-bond donors (Lipinski definition) is 1. The number of benzene rings is 1. The first-order chi connectivity index (χ1) is 9.06. The quantitative estimate of drug-likeness (QED) is 0.670. The summed E-state index contributed by atoms with van der Waals surface area (Å²) < 4.78 is 15.7. The Kier molecular flexibility index (Phi) is 3.05. The van der Waals surface area contributed by atoms with Crippen LogP contribution < -0.4 is 0 Å². The van der Waals surface area contributed by atoms with E-state index in [0.717, 1.165) is 0 Å². The molecule has 3 rings (SSSR count). The molecule has 2 heterocycles. The van der Waals surface area contributed by atoms with Crippen molar-refractivity contribution in [3.8, 4) is 5.69 Å². The number of hydrogen-bond acceptors (Lipinski definition) is 2. The molecule has 19 heavy (non-hydrogen) atoms. The monoisotopic (exact) mass is 313 g/mol. The highest BCUT2D eigenvalue weighted by atomic mass is 35.5. The number of aromatic nitrogens is 3. The van der Waals surface area contributed by atoms with Gasteiger partial charge >= 0.3 is 0 Å². The van der Waals surface area contributed by atoms with Crippen molar-refractivity contribution >= 4 is 46.6 Å². The van der Waals surface area contributed by atoms with E-state index in [0.29, 0.717) is 26.0 Å². The molecule has 0 aliphatic heterocycles. The van der Waals surface area contributed by atoms with Crippen LogP contribution in [0.3, 0.4) is 0 Å². The Labute approximate surface area is 122 Å². The van der Waals surface area contributed by atoms with E-state index >= 15 is 0 Å². The van der Waals surface area contributed by atoms with Gasteiger partial charge in [0.1, 0.15) is 5.82 Å². The summed E-state index contributed by atoms with van der Waals surface area (Å²) in [6, 6.07) is 5.94. The molecule has 96 valence electrons. The molecular weight excluding hydrogens is 308 g/mol. The van der Waals surface area contributed by atoms with Crippen molar-refractivity contribution in [3.05, 3.63) is 51.1 Å². The van der Waals surface area contributed by atoms with Gasteiger partial charge in [-0.15, -0.1) is 0 Å². The van der Waals surface area contributed by atoms with Crippen molar-refractivity contribution in [2.45, 2.75) is 0 Å². The highest BCUT2D eigenvalue weighted by Gasteiger charge is 2.12. The minimum atomic E-state index is -0.432. The molecule has 1 aromatic carbocycles. The molecule has 3 aromatic rings. The molecule has 0 radical (unpaired) electrons. The van der Waals surface area contributed by atoms with Crippen molar-refractivity contribution < 1.29 is 4.39 Å². The number of nitrogens with one attached hydrogen (secondary N) is 1. The first kappa shape index (κ1) is 12.6. The number of nitrogens with zero attached hydrogens (tertiary/aromatic N) is 2. The summed E-state index contributed by atoms with van der Waals surface area (Å²) in [5.74, 6) is -0.432. The van der Waals surface area contributed by atoms with Gasteiger partial charge in [0, 0.05) is 11.2 Å². The van der Waals surface area contributed by atoms with Gasteiger partial charge in [-0.25, -0.2) is 9.37 Å². The van der Waals surface area contributed by atoms with Crippen LogP contribution in [0.2, 0.25) is 10.0 Å². The van der Waals surface area contributed by atoms with E-state index < -0.39 is 5.82 Å². The van der Waals surface area contributed by atoms with Gasteiger partial charge in [0.25, 0.3) is 0 Å². The molecule has 0 atom stereocenters. The van der Waals surface area contributed by atoms with Gasteiger partial charge in [-0.3, -0.25) is 4.57 Å². The lowest BCUT2D eigenvalue weighted by Crippen LogP contribution is -1.98. The SMILES string of the molecule is Fc1ccc(Cl)cc1-n1c(=S)[nH]c2cc(Cl)cnc21. The lowest BCUT2D eigenvalue weighted by atomic mass is 10.3. The van der Waals surface area contributed by atoms with E-state index in [1.54, 1.807) is 6.07 Å². The summed E-state index contributed by atoms with van der Waals surface area (Å²) in [4.78, 5) is 7.11. The van der Waals surface area contributed by atoms with Crippen LogP contribution in [0.25, 0.3) is 16.9 Å². The molecule has 0 fully saturated rings. The van der Waals surface area contributed by atoms with Crippen molar-refractivity contribution in [1.29, 1.82) is 0 Å². The second-order valence-corrected chi connectivity index (χ2v) is 5.15. The Hall–Kier alpha value is -1.43. The van der Waals surface area contributed by atoms with Crippen molar-refractivity contribution in [2.75, 3.05) is 0 Å². The number of H-pyrrole nitrogens is 1. The summed E-state index contributed by atoms with van der Waals surface area (Å²) in [5, 5.41) is 0.893. The highest BCUT2D eigenvalue weighted by molar-refractivity contribution is 7.71. The van der Waals surface area contributed by atoms with Gasteiger partial charge in [0.05, 0.1) is 16.2 Å². The number of fused-ring (bicyclic) bond motifs is 1. The molecule has 0 saturated carbocycles. The Morgan fingerprint density at radius 1 is 1.21 bits per heavy atom. The molecule has 0 bridgehead atoms. The van der Waals surface area contributed by atoms with Gasteiger partial charge in [-0.2, -0.15) is 0 Å². The van der Waals surface area contributed by atoms with E-state index in [1.807, 2.05) is 0 Å². The predicted molar refractivity (Wildman–Crippen MR) is 76.2 cm³/mol. The average Bonchev–Trinajstić information content (AvgIpc) is 2.67. The van der Waals surface area contributed by atoms with Crippen LogP contribution in [0.5, 0.6) is 0 Å². The van der Waals surface area contributed by atoms with Crippen LogP contribution >= 0.6 is 35.4 Å². The molecule has 0 amide bonds. The molecule has 2 aromatic heterocycles. The third-order valence-electron chi connectivity index (χ3n) is 2.64. The van der Waals surface area contributed by atoms with Crippen LogP contribution in [-0.2, 0) is 0 Å². The Bertz CT molecular complexity index is 841. The summed E-state index contributed by atoms with van der Waals surface area (Å²) in [5.41, 5.74) is 1.38. The maximum atomic E-state index is 13.9. The fourth-order valence-electron chi connectivity index (χ4n) is 1.85. The number of pyridine rings is 1. The molecule has 7 heteroatoms. The van der Waals surface area contributed by atoms with Crippen LogP contribution in [0, 0.1) is 10.6 Å². The van der Waals surface area contributed by atoms with E-state index in [2.05, 4.69) is 9.97 Å². The number of halogens is 3. The van der Waals surface area contributed by atoms with Gasteiger partial charge in [-0.1, -0.05) is 23.2 Å². The summed E-state index contributed by atoms with van der Waals surface area (Å²) in [7, 11) is 0. The zero-order chi connectivity index (χ0) is 13.6. The summed E-state index contributed by atoms with van der Waals surface area (Å²) >= 11 is 17.0. The smallest absolute Gasteiger partial charge is 0.184 e. The van der Waals surface area contributed by atoms with Crippen molar-refractivity contribution in [1.82, 2.24) is 14.5 Å². The maximum absolute atomic E-state index is 13.9. The number of rotatable bonds is 1. The molecular formula is C12H6Cl2FN3S. The predicted octanol–water partition coefficient (Wildman–Crippen LogP) is 4.53. The molecule has 0 unspecified atom stereocenters. The summed E-state index contributed by atoms with van der Waals surface area (Å²) in [6.45, 7) is 0. The second kappa shape index (κ2) is 4.59. The standard InChI is InChI=1S/C12H6Cl2FN3S/c13-6-1-2-8(15)10(4-6)18-11-9(17-12(18)19)3-7(14)5-16-11/h1-5H,(H,17,19). The van der Waals surface area contributed by atoms with E-state index in [9.17, 15) is 4.39 Å². The lowest BCUT2D eigenvalue weighted by molar-refractivity contribution is 0.618. The first-order valence-corrected chi connectivity index (χ1v) is 6.44. The average molecular weight is 314 g/mol. The van der Waals surface area contributed by atoms with Gasteiger partial charge in [0.15, 0.2) is 10.4 Å². The Morgan fingerprint density at radius 3 is 2.79 bits per heavy atom. The zero-order valence-electron chi connectivity index (χ0n) is 9.32. The van der Waals surface area contributed by atoms with Crippen LogP contribution in [0.4, 0.5) is 4.39 Å². The molecule has 0 saturated heterocycles.